The van der Waals surface area contributed by atoms with E-state index in [1.807, 2.05) is 101 Å². The minimum atomic E-state index is -4.14. The Labute approximate surface area is 268 Å². The van der Waals surface area contributed by atoms with Crippen LogP contribution in [0.1, 0.15) is 48.1 Å². The molecule has 0 aromatic heterocycles. The minimum Gasteiger partial charge on any atom is -0.352 e. The van der Waals surface area contributed by atoms with Crippen molar-refractivity contribution in [2.24, 2.45) is 0 Å². The topological polar surface area (TPSA) is 86.8 Å². The molecular formula is C37H43N3O4S. The van der Waals surface area contributed by atoms with Gasteiger partial charge in [-0.3, -0.25) is 13.9 Å². The average molecular weight is 626 g/mol. The van der Waals surface area contributed by atoms with Crippen molar-refractivity contribution in [3.8, 4) is 0 Å². The number of hydrogen-bond donors (Lipinski definition) is 1. The van der Waals surface area contributed by atoms with E-state index in [9.17, 15) is 18.0 Å². The van der Waals surface area contributed by atoms with E-state index in [1.165, 1.54) is 21.3 Å². The van der Waals surface area contributed by atoms with Gasteiger partial charge in [0.15, 0.2) is 0 Å². The highest BCUT2D eigenvalue weighted by atomic mass is 32.2. The summed E-state index contributed by atoms with van der Waals surface area (Å²) in [5.41, 5.74) is 4.88. The highest BCUT2D eigenvalue weighted by Crippen LogP contribution is 2.28. The maximum atomic E-state index is 14.6. The van der Waals surface area contributed by atoms with Gasteiger partial charge in [-0.1, -0.05) is 103 Å². The lowest BCUT2D eigenvalue weighted by atomic mass is 10.0. The fourth-order valence-corrected chi connectivity index (χ4v) is 6.82. The zero-order valence-corrected chi connectivity index (χ0v) is 27.6. The van der Waals surface area contributed by atoms with Crippen LogP contribution < -0.4 is 9.62 Å². The van der Waals surface area contributed by atoms with Crippen LogP contribution in [0.5, 0.6) is 0 Å². The molecule has 4 aromatic rings. The Balaban J connectivity index is 1.83. The molecule has 0 heterocycles. The largest absolute Gasteiger partial charge is 0.352 e. The van der Waals surface area contributed by atoms with E-state index in [0.717, 1.165) is 34.2 Å². The highest BCUT2D eigenvalue weighted by Gasteiger charge is 2.35. The van der Waals surface area contributed by atoms with Crippen LogP contribution in [0.2, 0.25) is 0 Å². The van der Waals surface area contributed by atoms with E-state index in [4.69, 9.17) is 0 Å². The monoisotopic (exact) mass is 625 g/mol. The summed E-state index contributed by atoms with van der Waals surface area (Å²) in [6, 6.07) is 30.0. The van der Waals surface area contributed by atoms with Gasteiger partial charge in [0.2, 0.25) is 11.8 Å². The first-order chi connectivity index (χ1) is 21.5. The molecule has 2 amide bonds. The van der Waals surface area contributed by atoms with Gasteiger partial charge in [-0.25, -0.2) is 8.42 Å². The zero-order chi connectivity index (χ0) is 32.6. The predicted molar refractivity (Wildman–Crippen MR) is 180 cm³/mol. The molecule has 8 heteroatoms. The number of aryl methyl sites for hydroxylation is 3. The van der Waals surface area contributed by atoms with Crippen molar-refractivity contribution < 1.29 is 18.0 Å². The number of benzene rings is 4. The van der Waals surface area contributed by atoms with E-state index in [-0.39, 0.29) is 29.8 Å². The molecule has 1 N–H and O–H groups in total. The van der Waals surface area contributed by atoms with Gasteiger partial charge < -0.3 is 10.2 Å². The van der Waals surface area contributed by atoms with E-state index >= 15 is 0 Å². The summed E-state index contributed by atoms with van der Waals surface area (Å²) in [7, 11) is -4.14. The molecule has 2 atom stereocenters. The third-order valence-corrected chi connectivity index (χ3v) is 9.71. The normalized spacial score (nSPS) is 12.6. The van der Waals surface area contributed by atoms with E-state index in [1.54, 1.807) is 24.3 Å². The Bertz CT molecular complexity index is 1710. The summed E-state index contributed by atoms with van der Waals surface area (Å²) >= 11 is 0. The Morgan fingerprint density at radius 2 is 1.40 bits per heavy atom. The molecule has 0 radical (unpaired) electrons. The third-order valence-electron chi connectivity index (χ3n) is 7.94. The van der Waals surface area contributed by atoms with Gasteiger partial charge >= 0.3 is 0 Å². The van der Waals surface area contributed by atoms with Gasteiger partial charge in [-0.2, -0.15) is 0 Å². The third kappa shape index (κ3) is 8.60. The summed E-state index contributed by atoms with van der Waals surface area (Å²) in [6.07, 6.45) is 1.00. The molecule has 0 aliphatic rings. The number of nitrogens with one attached hydrogen (secondary N) is 1. The Morgan fingerprint density at radius 3 is 2.02 bits per heavy atom. The maximum absolute atomic E-state index is 14.6. The van der Waals surface area contributed by atoms with Crippen LogP contribution in [0.25, 0.3) is 0 Å². The van der Waals surface area contributed by atoms with Gasteiger partial charge in [0.1, 0.15) is 12.6 Å². The number of sulfonamides is 1. The molecule has 4 aromatic carbocycles. The van der Waals surface area contributed by atoms with Crippen LogP contribution in [-0.4, -0.2) is 43.8 Å². The highest BCUT2D eigenvalue weighted by molar-refractivity contribution is 7.92. The number of anilines is 1. The number of hydrogen-bond acceptors (Lipinski definition) is 4. The summed E-state index contributed by atoms with van der Waals surface area (Å²) in [5, 5.41) is 3.07. The summed E-state index contributed by atoms with van der Waals surface area (Å²) in [6.45, 7) is 9.32. The first-order valence-electron chi connectivity index (χ1n) is 15.3. The molecule has 0 fully saturated rings. The van der Waals surface area contributed by atoms with E-state index in [2.05, 4.69) is 5.32 Å². The molecule has 0 unspecified atom stereocenters. The van der Waals surface area contributed by atoms with Crippen LogP contribution >= 0.6 is 0 Å². The molecule has 0 spiro atoms. The number of nitrogens with zero attached hydrogens (tertiary/aromatic N) is 2. The quantitative estimate of drug-likeness (QED) is 0.187. The molecule has 236 valence electrons. The molecule has 7 nitrogen and oxygen atoms in total. The second kappa shape index (κ2) is 15.0. The standard InChI is InChI=1S/C37H43N3O4S/c1-6-30(5)38-37(42)35(24-31-15-9-7-10-16-31)39(25-32-17-13-14-27(2)23-32)36(41)26-40(34-21-20-28(3)22-29(34)4)45(43,44)33-18-11-8-12-19-33/h7-23,30,35H,6,24-26H2,1-5H3,(H,38,42)/t30-,35+/m1/s1. The van der Waals surface area contributed by atoms with Crippen molar-refractivity contribution in [1.82, 2.24) is 10.2 Å². The van der Waals surface area contributed by atoms with Crippen LogP contribution in [0, 0.1) is 20.8 Å². The second-order valence-electron chi connectivity index (χ2n) is 11.6. The van der Waals surface area contributed by atoms with E-state index in [0.29, 0.717) is 5.69 Å². The Kier molecular flexibility index (Phi) is 11.2. The Hall–Kier alpha value is -4.43. The van der Waals surface area contributed by atoms with Crippen molar-refractivity contribution in [1.29, 1.82) is 0 Å². The maximum Gasteiger partial charge on any atom is 0.264 e. The lowest BCUT2D eigenvalue weighted by molar-refractivity contribution is -0.140. The van der Waals surface area contributed by atoms with Gasteiger partial charge in [0.05, 0.1) is 10.6 Å². The molecule has 0 bridgehead atoms. The molecule has 0 aliphatic heterocycles. The number of carbonyl (C=O) groups is 2. The molecular weight excluding hydrogens is 582 g/mol. The Morgan fingerprint density at radius 1 is 0.778 bits per heavy atom. The summed E-state index contributed by atoms with van der Waals surface area (Å²) in [5.74, 6) is -0.755. The minimum absolute atomic E-state index is 0.0818. The molecule has 0 saturated heterocycles. The second-order valence-corrected chi connectivity index (χ2v) is 13.5. The van der Waals surface area contributed by atoms with Gasteiger partial charge in [0, 0.05) is 19.0 Å². The van der Waals surface area contributed by atoms with Crippen LogP contribution in [0.4, 0.5) is 5.69 Å². The van der Waals surface area contributed by atoms with E-state index < -0.39 is 28.5 Å². The fourth-order valence-electron chi connectivity index (χ4n) is 5.32. The van der Waals surface area contributed by atoms with Crippen LogP contribution in [0.3, 0.4) is 0 Å². The van der Waals surface area contributed by atoms with Crippen molar-refractivity contribution in [2.75, 3.05) is 10.8 Å². The van der Waals surface area contributed by atoms with Crippen molar-refractivity contribution in [3.63, 3.8) is 0 Å². The average Bonchev–Trinajstić information content (AvgIpc) is 3.02. The molecule has 0 aliphatic carbocycles. The van der Waals surface area contributed by atoms with Gasteiger partial charge in [-0.15, -0.1) is 0 Å². The fraction of sp³-hybridized carbons (Fsp3) is 0.297. The molecule has 4 rings (SSSR count). The van der Waals surface area contributed by atoms with Crippen molar-refractivity contribution in [2.45, 2.75) is 71.0 Å². The van der Waals surface area contributed by atoms with Gasteiger partial charge in [0.25, 0.3) is 10.0 Å². The zero-order valence-electron chi connectivity index (χ0n) is 26.7. The molecule has 0 saturated carbocycles. The number of rotatable bonds is 13. The first-order valence-corrected chi connectivity index (χ1v) is 16.8. The number of amides is 2. The first kappa shape index (κ1) is 33.5. The lowest BCUT2D eigenvalue weighted by Crippen LogP contribution is -2.54. The SMILES string of the molecule is CC[C@@H](C)NC(=O)[C@H](Cc1ccccc1)N(Cc1cccc(C)c1)C(=O)CN(c1ccc(C)cc1C)S(=O)(=O)c1ccccc1. The number of carbonyl (C=O) groups excluding carboxylic acids is 2. The van der Waals surface area contributed by atoms with Gasteiger partial charge in [-0.05, 0) is 69.0 Å². The summed E-state index contributed by atoms with van der Waals surface area (Å²) in [4.78, 5) is 30.2. The predicted octanol–water partition coefficient (Wildman–Crippen LogP) is 6.36. The van der Waals surface area contributed by atoms with Crippen LogP contribution in [-0.2, 0) is 32.6 Å². The summed E-state index contributed by atoms with van der Waals surface area (Å²) < 4.78 is 29.5. The smallest absolute Gasteiger partial charge is 0.264 e. The van der Waals surface area contributed by atoms with Crippen molar-refractivity contribution in [3.05, 3.63) is 131 Å². The lowest BCUT2D eigenvalue weighted by Gasteiger charge is -2.34. The van der Waals surface area contributed by atoms with Crippen LogP contribution in [0.15, 0.2) is 108 Å². The van der Waals surface area contributed by atoms with Crippen molar-refractivity contribution >= 4 is 27.5 Å². The molecule has 45 heavy (non-hydrogen) atoms.